The lowest BCUT2D eigenvalue weighted by Crippen LogP contribution is -2.51. The van der Waals surface area contributed by atoms with Gasteiger partial charge in [0.05, 0.1) is 12.5 Å². The van der Waals surface area contributed by atoms with Crippen molar-refractivity contribution in [2.24, 2.45) is 0 Å². The molecule has 2 amide bonds. The normalized spacial score (nSPS) is 21.6. The lowest BCUT2D eigenvalue weighted by molar-refractivity contribution is -0.140. The van der Waals surface area contributed by atoms with E-state index >= 15 is 0 Å². The molecular formula is C13H25N3O2. The molecule has 0 aromatic rings. The van der Waals surface area contributed by atoms with Crippen LogP contribution in [-0.2, 0) is 9.59 Å². The summed E-state index contributed by atoms with van der Waals surface area (Å²) in [4.78, 5) is 27.3. The minimum Gasteiger partial charge on any atom is -0.304 e. The third kappa shape index (κ3) is 3.09. The van der Waals surface area contributed by atoms with Gasteiger partial charge in [0.15, 0.2) is 0 Å². The number of rotatable bonds is 5. The molecule has 1 atom stereocenters. The number of nitrogens with zero attached hydrogens (tertiary/aromatic N) is 2. The number of imide groups is 1. The Hall–Kier alpha value is -0.940. The first kappa shape index (κ1) is 15.1. The van der Waals surface area contributed by atoms with Crippen molar-refractivity contribution >= 4 is 11.8 Å². The van der Waals surface area contributed by atoms with Gasteiger partial charge in [0, 0.05) is 18.1 Å². The summed E-state index contributed by atoms with van der Waals surface area (Å²) < 4.78 is 0. The van der Waals surface area contributed by atoms with Crippen molar-refractivity contribution in [3.05, 3.63) is 0 Å². The van der Waals surface area contributed by atoms with Crippen molar-refractivity contribution in [2.45, 2.75) is 51.7 Å². The Kier molecular flexibility index (Phi) is 4.50. The summed E-state index contributed by atoms with van der Waals surface area (Å²) in [5.41, 5.74) is -0.0470. The second-order valence-corrected chi connectivity index (χ2v) is 6.04. The molecule has 1 unspecified atom stereocenters. The molecule has 0 spiro atoms. The molecular weight excluding hydrogens is 230 g/mol. The number of likely N-dealkylation sites (tertiary alicyclic amines) is 1. The molecule has 1 heterocycles. The number of nitrogens with one attached hydrogen (secondary N) is 1. The van der Waals surface area contributed by atoms with E-state index in [1.165, 1.54) is 4.90 Å². The number of hydrogen-bond donors (Lipinski definition) is 1. The van der Waals surface area contributed by atoms with E-state index in [4.69, 9.17) is 0 Å². The minimum atomic E-state index is -0.362. The third-order valence-electron chi connectivity index (χ3n) is 3.69. The molecule has 0 bridgehead atoms. The summed E-state index contributed by atoms with van der Waals surface area (Å²) >= 11 is 0. The van der Waals surface area contributed by atoms with Gasteiger partial charge in [0.2, 0.25) is 11.8 Å². The summed E-state index contributed by atoms with van der Waals surface area (Å²) in [7, 11) is 4.01. The molecule has 1 fully saturated rings. The fourth-order valence-corrected chi connectivity index (χ4v) is 1.88. The minimum absolute atomic E-state index is 0.0470. The molecule has 1 aliphatic rings. The van der Waals surface area contributed by atoms with E-state index in [9.17, 15) is 9.59 Å². The highest BCUT2D eigenvalue weighted by Gasteiger charge is 2.40. The molecule has 1 saturated heterocycles. The van der Waals surface area contributed by atoms with Crippen molar-refractivity contribution in [1.82, 2.24) is 15.1 Å². The smallest absolute Gasteiger partial charge is 0.247 e. The Morgan fingerprint density at radius 3 is 2.33 bits per heavy atom. The Bertz CT molecular complexity index is 337. The van der Waals surface area contributed by atoms with E-state index in [0.717, 1.165) is 0 Å². The highest BCUT2D eigenvalue weighted by molar-refractivity contribution is 6.05. The maximum absolute atomic E-state index is 12.1. The van der Waals surface area contributed by atoms with Gasteiger partial charge in [-0.1, -0.05) is 0 Å². The van der Waals surface area contributed by atoms with Gasteiger partial charge < -0.3 is 10.2 Å². The molecule has 5 nitrogen and oxygen atoms in total. The largest absolute Gasteiger partial charge is 0.304 e. The number of amides is 2. The predicted octanol–water partition coefficient (Wildman–Crippen LogP) is 0.452. The van der Waals surface area contributed by atoms with E-state index in [-0.39, 0.29) is 35.9 Å². The molecule has 1 rings (SSSR count). The third-order valence-corrected chi connectivity index (χ3v) is 3.69. The molecule has 0 aliphatic carbocycles. The zero-order chi connectivity index (χ0) is 14.1. The second kappa shape index (κ2) is 5.36. The van der Waals surface area contributed by atoms with Gasteiger partial charge in [-0.05, 0) is 41.8 Å². The van der Waals surface area contributed by atoms with Crippen LogP contribution in [0.2, 0.25) is 0 Å². The molecule has 0 saturated carbocycles. The zero-order valence-corrected chi connectivity index (χ0v) is 12.3. The van der Waals surface area contributed by atoms with Gasteiger partial charge in [-0.3, -0.25) is 14.5 Å². The van der Waals surface area contributed by atoms with Crippen LogP contribution in [0.15, 0.2) is 0 Å². The highest BCUT2D eigenvalue weighted by atomic mass is 16.2. The van der Waals surface area contributed by atoms with E-state index in [0.29, 0.717) is 6.54 Å². The number of hydrogen-bond acceptors (Lipinski definition) is 4. The van der Waals surface area contributed by atoms with Crippen molar-refractivity contribution in [3.8, 4) is 0 Å². The first-order valence-corrected chi connectivity index (χ1v) is 6.43. The Morgan fingerprint density at radius 1 is 1.39 bits per heavy atom. The van der Waals surface area contributed by atoms with Gasteiger partial charge in [0.25, 0.3) is 0 Å². The van der Waals surface area contributed by atoms with Crippen molar-refractivity contribution in [1.29, 1.82) is 0 Å². The number of carbonyl (C=O) groups is 2. The second-order valence-electron chi connectivity index (χ2n) is 6.04. The lowest BCUT2D eigenvalue weighted by Gasteiger charge is -2.33. The molecule has 0 aromatic carbocycles. The van der Waals surface area contributed by atoms with Crippen molar-refractivity contribution in [3.63, 3.8) is 0 Å². The quantitative estimate of drug-likeness (QED) is 0.725. The zero-order valence-electron chi connectivity index (χ0n) is 12.3. The SMILES string of the molecule is CC(C)N1C(=O)CC(NCC(C)(C)N(C)C)C1=O. The van der Waals surface area contributed by atoms with Gasteiger partial charge in [-0.25, -0.2) is 0 Å². The summed E-state index contributed by atoms with van der Waals surface area (Å²) in [6.07, 6.45) is 0.278. The van der Waals surface area contributed by atoms with Crippen LogP contribution in [0.5, 0.6) is 0 Å². The first-order chi connectivity index (χ1) is 8.16. The predicted molar refractivity (Wildman–Crippen MR) is 71.2 cm³/mol. The average Bonchev–Trinajstić information content (AvgIpc) is 2.50. The number of likely N-dealkylation sites (N-methyl/N-ethyl adjacent to an activating group) is 1. The highest BCUT2D eigenvalue weighted by Crippen LogP contribution is 2.17. The summed E-state index contributed by atoms with van der Waals surface area (Å²) in [5, 5.41) is 3.21. The maximum atomic E-state index is 12.1. The molecule has 0 radical (unpaired) electrons. The Labute approximate surface area is 110 Å². The van der Waals surface area contributed by atoms with Gasteiger partial charge in [-0.2, -0.15) is 0 Å². The van der Waals surface area contributed by atoms with E-state index in [1.54, 1.807) is 0 Å². The fourth-order valence-electron chi connectivity index (χ4n) is 1.88. The summed E-state index contributed by atoms with van der Waals surface area (Å²) in [6.45, 7) is 8.60. The molecule has 1 aliphatic heterocycles. The van der Waals surface area contributed by atoms with Crippen LogP contribution in [0.4, 0.5) is 0 Å². The van der Waals surface area contributed by atoms with Crippen LogP contribution in [0.25, 0.3) is 0 Å². The topological polar surface area (TPSA) is 52.7 Å². The summed E-state index contributed by atoms with van der Waals surface area (Å²) in [6, 6.07) is -0.419. The van der Waals surface area contributed by atoms with Gasteiger partial charge in [0.1, 0.15) is 0 Å². The van der Waals surface area contributed by atoms with E-state index in [2.05, 4.69) is 24.1 Å². The van der Waals surface area contributed by atoms with E-state index < -0.39 is 0 Å². The van der Waals surface area contributed by atoms with Crippen LogP contribution in [-0.4, -0.2) is 59.9 Å². The lowest BCUT2D eigenvalue weighted by atomic mass is 10.0. The fraction of sp³-hybridized carbons (Fsp3) is 0.846. The van der Waals surface area contributed by atoms with Crippen molar-refractivity contribution in [2.75, 3.05) is 20.6 Å². The molecule has 104 valence electrons. The first-order valence-electron chi connectivity index (χ1n) is 6.43. The Balaban J connectivity index is 2.61. The molecule has 1 N–H and O–H groups in total. The van der Waals surface area contributed by atoms with Crippen LogP contribution in [0.3, 0.4) is 0 Å². The molecule has 18 heavy (non-hydrogen) atoms. The average molecular weight is 255 g/mol. The van der Waals surface area contributed by atoms with Crippen LogP contribution in [0, 0.1) is 0 Å². The van der Waals surface area contributed by atoms with Gasteiger partial charge in [-0.15, -0.1) is 0 Å². The van der Waals surface area contributed by atoms with Crippen molar-refractivity contribution < 1.29 is 9.59 Å². The monoisotopic (exact) mass is 255 g/mol. The van der Waals surface area contributed by atoms with Crippen LogP contribution >= 0.6 is 0 Å². The van der Waals surface area contributed by atoms with Crippen LogP contribution in [0.1, 0.15) is 34.1 Å². The van der Waals surface area contributed by atoms with E-state index in [1.807, 2.05) is 27.9 Å². The molecule has 0 aromatic heterocycles. The standard InChI is InChI=1S/C13H25N3O2/c1-9(2)16-11(17)7-10(12(16)18)14-8-13(3,4)15(5)6/h9-10,14H,7-8H2,1-6H3. The number of carbonyl (C=O) groups excluding carboxylic acids is 2. The Morgan fingerprint density at radius 2 is 1.94 bits per heavy atom. The summed E-state index contributed by atoms with van der Waals surface area (Å²) in [5.74, 6) is -0.167. The van der Waals surface area contributed by atoms with Gasteiger partial charge >= 0.3 is 0 Å². The van der Waals surface area contributed by atoms with Crippen LogP contribution < -0.4 is 5.32 Å². The molecule has 5 heteroatoms. The maximum Gasteiger partial charge on any atom is 0.247 e.